The first-order valence-electron chi connectivity index (χ1n) is 7.90. The summed E-state index contributed by atoms with van der Waals surface area (Å²) in [5, 5.41) is 48.2. The number of nitro groups is 2. The van der Waals surface area contributed by atoms with Crippen molar-refractivity contribution < 1.29 is 39.5 Å². The van der Waals surface area contributed by atoms with Crippen molar-refractivity contribution in [1.82, 2.24) is 0 Å². The quantitative estimate of drug-likeness (QED) is 0.205. The van der Waals surface area contributed by atoms with E-state index in [1.807, 2.05) is 0 Å². The Balaban J connectivity index is 0.000000211. The molecule has 12 heteroatoms. The van der Waals surface area contributed by atoms with Crippen LogP contribution in [0, 0.1) is 26.1 Å². The number of carbonyl (C=O) groups excluding carboxylic acids is 2. The number of hydrogen-bond acceptors (Lipinski definition) is 9. The number of rotatable bonds is 3. The van der Waals surface area contributed by atoms with Crippen LogP contribution in [0.15, 0.2) is 48.2 Å². The van der Waals surface area contributed by atoms with Gasteiger partial charge in [0.25, 0.3) is 17.0 Å². The van der Waals surface area contributed by atoms with E-state index in [-0.39, 0.29) is 11.1 Å². The second-order valence-electron chi connectivity index (χ2n) is 6.36. The highest BCUT2D eigenvalue weighted by atomic mass is 16.6. The maximum atomic E-state index is 11.2. The van der Waals surface area contributed by atoms with Crippen molar-refractivity contribution in [2.24, 2.45) is 5.92 Å². The molecule has 2 unspecified atom stereocenters. The fourth-order valence-electron chi connectivity index (χ4n) is 2.67. The lowest BCUT2D eigenvalue weighted by atomic mass is 9.89. The molecule has 3 N–H and O–H groups in total. The molecule has 0 amide bonds. The number of carbonyl (C=O) groups is 3. The highest BCUT2D eigenvalue weighted by Gasteiger charge is 2.50. The summed E-state index contributed by atoms with van der Waals surface area (Å²) in [7, 11) is 0. The second-order valence-corrected chi connectivity index (χ2v) is 6.36. The van der Waals surface area contributed by atoms with Crippen molar-refractivity contribution in [3.63, 3.8) is 0 Å². The van der Waals surface area contributed by atoms with Crippen LogP contribution in [0.2, 0.25) is 0 Å². The molecule has 0 fully saturated rings. The van der Waals surface area contributed by atoms with Gasteiger partial charge in [0.15, 0.2) is 5.92 Å². The number of fused-ring (bicyclic) bond motifs is 1. The first-order valence-corrected chi connectivity index (χ1v) is 7.90. The van der Waals surface area contributed by atoms with Gasteiger partial charge in [0.2, 0.25) is 11.6 Å². The van der Waals surface area contributed by atoms with E-state index in [0.29, 0.717) is 0 Å². The van der Waals surface area contributed by atoms with Crippen LogP contribution in [0.5, 0.6) is 0 Å². The van der Waals surface area contributed by atoms with E-state index in [9.17, 15) is 34.6 Å². The maximum absolute atomic E-state index is 11.2. The summed E-state index contributed by atoms with van der Waals surface area (Å²) in [6, 6.07) is 5.91. The lowest BCUT2D eigenvalue weighted by Gasteiger charge is -2.18. The molecule has 0 saturated carbocycles. The van der Waals surface area contributed by atoms with Gasteiger partial charge in [-0.25, -0.2) is 0 Å². The number of aliphatic hydroxyl groups is 2. The molecule has 1 aromatic rings. The summed E-state index contributed by atoms with van der Waals surface area (Å²) in [6.07, 6.45) is 2.76. The van der Waals surface area contributed by atoms with E-state index in [1.165, 1.54) is 12.1 Å². The standard InChI is InChI=1S/C9H6O4.C8H8N2O6/c10-7-5-3-1-2-4-6(5)8(11)9(7,12)13;1-8(10(15)16)3-2-5(7(11)12)6(4-8)9(13)14/h1-4,12-13H;2-5H,1H3,(H,11,12). The molecule has 3 rings (SSSR count). The van der Waals surface area contributed by atoms with Crippen molar-refractivity contribution in [2.45, 2.75) is 18.2 Å². The Morgan fingerprint density at radius 3 is 1.93 bits per heavy atom. The maximum Gasteiger partial charge on any atom is 0.321 e. The lowest BCUT2D eigenvalue weighted by molar-refractivity contribution is -0.538. The van der Waals surface area contributed by atoms with Gasteiger partial charge in [-0.05, 0) is 6.08 Å². The SMILES string of the molecule is CC1([N+](=O)[O-])C=CC(C(=O)O)C([N+](=O)[O-])=C1.O=C1c2ccccc2C(=O)C1(O)O. The van der Waals surface area contributed by atoms with Gasteiger partial charge in [-0.2, -0.15) is 0 Å². The van der Waals surface area contributed by atoms with Crippen molar-refractivity contribution >= 4 is 17.5 Å². The van der Waals surface area contributed by atoms with Crippen molar-refractivity contribution in [1.29, 1.82) is 0 Å². The van der Waals surface area contributed by atoms with Gasteiger partial charge in [0, 0.05) is 23.0 Å². The molecule has 0 spiro atoms. The average molecular weight is 406 g/mol. The van der Waals surface area contributed by atoms with E-state index in [1.54, 1.807) is 12.1 Å². The molecular formula is C17H14N2O10. The molecule has 0 bridgehead atoms. The number of hydrogen-bond donors (Lipinski definition) is 3. The van der Waals surface area contributed by atoms with Gasteiger partial charge < -0.3 is 15.3 Å². The molecule has 0 saturated heterocycles. The Morgan fingerprint density at radius 2 is 1.55 bits per heavy atom. The molecule has 2 atom stereocenters. The van der Waals surface area contributed by atoms with Crippen LogP contribution < -0.4 is 0 Å². The van der Waals surface area contributed by atoms with Gasteiger partial charge in [0.1, 0.15) is 0 Å². The minimum atomic E-state index is -2.86. The number of carboxylic acid groups (broad SMARTS) is 1. The van der Waals surface area contributed by atoms with Crippen LogP contribution in [-0.2, 0) is 4.79 Å². The third-order valence-electron chi connectivity index (χ3n) is 4.30. The molecule has 152 valence electrons. The summed E-state index contributed by atoms with van der Waals surface area (Å²) in [4.78, 5) is 52.7. The smallest absolute Gasteiger partial charge is 0.321 e. The van der Waals surface area contributed by atoms with E-state index >= 15 is 0 Å². The Morgan fingerprint density at radius 1 is 1.07 bits per heavy atom. The molecule has 2 aliphatic rings. The van der Waals surface area contributed by atoms with E-state index in [0.717, 1.165) is 25.2 Å². The first kappa shape index (κ1) is 21.5. The molecule has 0 aliphatic heterocycles. The van der Waals surface area contributed by atoms with Gasteiger partial charge in [-0.15, -0.1) is 0 Å². The third-order valence-corrected chi connectivity index (χ3v) is 4.30. The molecule has 0 radical (unpaired) electrons. The van der Waals surface area contributed by atoms with Crippen LogP contribution in [0.1, 0.15) is 27.6 Å². The number of benzene rings is 1. The summed E-state index contributed by atoms with van der Waals surface area (Å²) in [6.45, 7) is 1.16. The number of nitrogens with zero attached hydrogens (tertiary/aromatic N) is 2. The van der Waals surface area contributed by atoms with Crippen molar-refractivity contribution in [3.05, 3.63) is 79.5 Å². The fraction of sp³-hybridized carbons (Fsp3) is 0.235. The summed E-state index contributed by atoms with van der Waals surface area (Å²) < 4.78 is 0. The summed E-state index contributed by atoms with van der Waals surface area (Å²) >= 11 is 0. The summed E-state index contributed by atoms with van der Waals surface area (Å²) in [5.41, 5.74) is -2.28. The number of ketones is 2. The molecule has 0 aromatic heterocycles. The summed E-state index contributed by atoms with van der Waals surface area (Å²) in [5.74, 6) is -7.61. The zero-order valence-electron chi connectivity index (χ0n) is 14.7. The Labute approximate surface area is 161 Å². The minimum absolute atomic E-state index is 0.0671. The lowest BCUT2D eigenvalue weighted by Crippen LogP contribution is -2.40. The minimum Gasteiger partial charge on any atom is -0.480 e. The van der Waals surface area contributed by atoms with Crippen molar-refractivity contribution in [2.75, 3.05) is 0 Å². The van der Waals surface area contributed by atoms with Crippen LogP contribution in [0.25, 0.3) is 0 Å². The molecular weight excluding hydrogens is 392 g/mol. The average Bonchev–Trinajstić information content (AvgIpc) is 2.83. The van der Waals surface area contributed by atoms with Crippen LogP contribution in [-0.4, -0.2) is 54.0 Å². The predicted molar refractivity (Wildman–Crippen MR) is 93.0 cm³/mol. The van der Waals surface area contributed by atoms with Crippen LogP contribution in [0.3, 0.4) is 0 Å². The number of Topliss-reactive ketones (excluding diaryl/α,β-unsaturated/α-hetero) is 2. The molecule has 12 nitrogen and oxygen atoms in total. The molecule has 1 aromatic carbocycles. The Bertz CT molecular complexity index is 957. The Kier molecular flexibility index (Phi) is 5.44. The monoisotopic (exact) mass is 406 g/mol. The van der Waals surface area contributed by atoms with Crippen molar-refractivity contribution in [3.8, 4) is 0 Å². The molecule has 29 heavy (non-hydrogen) atoms. The Hall–Kier alpha value is -3.77. The van der Waals surface area contributed by atoms with Gasteiger partial charge >= 0.3 is 5.97 Å². The zero-order valence-corrected chi connectivity index (χ0v) is 14.7. The first-order chi connectivity index (χ1) is 13.3. The van der Waals surface area contributed by atoms with Crippen LogP contribution in [0.4, 0.5) is 0 Å². The van der Waals surface area contributed by atoms with E-state index in [2.05, 4.69) is 0 Å². The largest absolute Gasteiger partial charge is 0.480 e. The fourth-order valence-corrected chi connectivity index (χ4v) is 2.67. The normalized spacial score (nSPS) is 24.1. The highest BCUT2D eigenvalue weighted by Crippen LogP contribution is 2.28. The van der Waals surface area contributed by atoms with E-state index < -0.39 is 50.3 Å². The molecule has 2 aliphatic carbocycles. The van der Waals surface area contributed by atoms with Gasteiger partial charge in [0.05, 0.1) is 11.0 Å². The van der Waals surface area contributed by atoms with E-state index in [4.69, 9.17) is 15.3 Å². The topological polar surface area (TPSA) is 198 Å². The number of aliphatic carboxylic acids is 1. The highest BCUT2D eigenvalue weighted by molar-refractivity contribution is 6.30. The number of carboxylic acids is 1. The zero-order chi connectivity index (χ0) is 22.1. The van der Waals surface area contributed by atoms with Crippen LogP contribution >= 0.6 is 0 Å². The third kappa shape index (κ3) is 3.79. The predicted octanol–water partition coefficient (Wildman–Crippen LogP) is 0.199. The van der Waals surface area contributed by atoms with Gasteiger partial charge in [-0.3, -0.25) is 34.6 Å². The molecule has 0 heterocycles. The van der Waals surface area contributed by atoms with Gasteiger partial charge in [-0.1, -0.05) is 30.3 Å². The second kappa shape index (κ2) is 7.33.